The lowest BCUT2D eigenvalue weighted by Gasteiger charge is -2.21. The van der Waals surface area contributed by atoms with E-state index in [0.29, 0.717) is 18.4 Å². The maximum atomic E-state index is 13.9. The van der Waals surface area contributed by atoms with Crippen LogP contribution in [0.5, 0.6) is 0 Å². The zero-order chi connectivity index (χ0) is 16.7. The Bertz CT molecular complexity index is 649. The minimum absolute atomic E-state index is 0.200. The molecule has 7 heteroatoms. The van der Waals surface area contributed by atoms with Crippen LogP contribution in [-0.4, -0.2) is 41.7 Å². The van der Waals surface area contributed by atoms with Crippen LogP contribution < -0.4 is 5.32 Å². The third-order valence-electron chi connectivity index (χ3n) is 4.53. The number of amides is 1. The lowest BCUT2D eigenvalue weighted by molar-refractivity contribution is -0.136. The van der Waals surface area contributed by atoms with E-state index in [2.05, 4.69) is 5.32 Å². The zero-order valence-corrected chi connectivity index (χ0v) is 12.4. The van der Waals surface area contributed by atoms with Crippen LogP contribution >= 0.6 is 0 Å². The van der Waals surface area contributed by atoms with Crippen molar-refractivity contribution >= 4 is 11.9 Å². The van der Waals surface area contributed by atoms with Crippen molar-refractivity contribution in [2.45, 2.75) is 30.8 Å². The van der Waals surface area contributed by atoms with Crippen LogP contribution in [0.4, 0.5) is 8.78 Å². The van der Waals surface area contributed by atoms with E-state index in [1.165, 1.54) is 12.1 Å². The standard InChI is InChI=1S/C16H17F2NO4/c17-16(18)12-5-2-6-23-15(12,16)9-19-14(22)11-4-1-3-10(7-11)8-13(20)21/h1,3-4,7,12H,2,5-6,8-9H2,(H,19,22)(H,20,21)/t12-,15+/m1/s1. The van der Waals surface area contributed by atoms with Crippen LogP contribution in [0.1, 0.15) is 28.8 Å². The highest BCUT2D eigenvalue weighted by molar-refractivity contribution is 5.94. The van der Waals surface area contributed by atoms with Crippen molar-refractivity contribution < 1.29 is 28.2 Å². The van der Waals surface area contributed by atoms with Crippen LogP contribution in [0, 0.1) is 5.92 Å². The van der Waals surface area contributed by atoms with Gasteiger partial charge in [-0.25, -0.2) is 8.78 Å². The number of ether oxygens (including phenoxy) is 1. The summed E-state index contributed by atoms with van der Waals surface area (Å²) in [4.78, 5) is 22.8. The molecule has 124 valence electrons. The fourth-order valence-corrected chi connectivity index (χ4v) is 3.26. The summed E-state index contributed by atoms with van der Waals surface area (Å²) in [7, 11) is 0. The SMILES string of the molecule is O=C(O)Cc1cccc(C(=O)NC[C@]23OCCC[C@H]2C3(F)F)c1. The van der Waals surface area contributed by atoms with Crippen molar-refractivity contribution in [2.75, 3.05) is 13.2 Å². The maximum absolute atomic E-state index is 13.9. The van der Waals surface area contributed by atoms with E-state index in [0.717, 1.165) is 0 Å². The van der Waals surface area contributed by atoms with Gasteiger partial charge in [0.05, 0.1) is 18.9 Å². The van der Waals surface area contributed by atoms with Gasteiger partial charge in [0.25, 0.3) is 11.8 Å². The van der Waals surface area contributed by atoms with Gasteiger partial charge in [-0.2, -0.15) is 0 Å². The molecule has 1 amide bonds. The Morgan fingerprint density at radius 2 is 2.17 bits per heavy atom. The highest BCUT2D eigenvalue weighted by atomic mass is 19.3. The number of nitrogens with one attached hydrogen (secondary N) is 1. The van der Waals surface area contributed by atoms with Gasteiger partial charge in [0, 0.05) is 12.2 Å². The Kier molecular flexibility index (Phi) is 3.83. The van der Waals surface area contributed by atoms with Crippen molar-refractivity contribution in [3.63, 3.8) is 0 Å². The molecule has 1 aliphatic carbocycles. The molecule has 3 rings (SSSR count). The molecule has 1 saturated carbocycles. The lowest BCUT2D eigenvalue weighted by atomic mass is 10.1. The number of fused-ring (bicyclic) bond motifs is 1. The number of aliphatic carboxylic acids is 1. The van der Waals surface area contributed by atoms with Gasteiger partial charge < -0.3 is 15.2 Å². The summed E-state index contributed by atoms with van der Waals surface area (Å²) >= 11 is 0. The van der Waals surface area contributed by atoms with Crippen LogP contribution in [-0.2, 0) is 16.0 Å². The Morgan fingerprint density at radius 3 is 2.87 bits per heavy atom. The number of rotatable bonds is 5. The molecule has 1 heterocycles. The Morgan fingerprint density at radius 1 is 1.39 bits per heavy atom. The fraction of sp³-hybridized carbons (Fsp3) is 0.500. The van der Waals surface area contributed by atoms with Crippen LogP contribution in [0.15, 0.2) is 24.3 Å². The molecule has 23 heavy (non-hydrogen) atoms. The van der Waals surface area contributed by atoms with Gasteiger partial charge in [-0.3, -0.25) is 9.59 Å². The molecule has 2 fully saturated rings. The number of hydrogen-bond acceptors (Lipinski definition) is 3. The average molecular weight is 325 g/mol. The van der Waals surface area contributed by atoms with E-state index in [-0.39, 0.29) is 25.1 Å². The van der Waals surface area contributed by atoms with E-state index in [9.17, 15) is 18.4 Å². The predicted molar refractivity (Wildman–Crippen MR) is 76.5 cm³/mol. The molecule has 2 atom stereocenters. The number of halogens is 2. The van der Waals surface area contributed by atoms with Gasteiger partial charge in [0.15, 0.2) is 5.60 Å². The first kappa shape index (κ1) is 15.9. The third-order valence-corrected chi connectivity index (χ3v) is 4.53. The first-order valence-corrected chi connectivity index (χ1v) is 7.47. The molecule has 1 aliphatic heterocycles. The van der Waals surface area contributed by atoms with E-state index in [4.69, 9.17) is 9.84 Å². The molecule has 1 saturated heterocycles. The second-order valence-corrected chi connectivity index (χ2v) is 6.01. The molecule has 0 spiro atoms. The summed E-state index contributed by atoms with van der Waals surface area (Å²) in [6, 6.07) is 6.13. The Hall–Kier alpha value is -2.02. The highest BCUT2D eigenvalue weighted by Gasteiger charge is 2.82. The number of benzene rings is 1. The van der Waals surface area contributed by atoms with E-state index < -0.39 is 29.3 Å². The smallest absolute Gasteiger partial charge is 0.307 e. The molecule has 0 unspecified atom stereocenters. The second-order valence-electron chi connectivity index (χ2n) is 6.01. The highest BCUT2D eigenvalue weighted by Crippen LogP contribution is 2.64. The average Bonchev–Trinajstić information content (AvgIpc) is 3.01. The third kappa shape index (κ3) is 2.69. The number of alkyl halides is 2. The number of carbonyl (C=O) groups excluding carboxylic acids is 1. The molecule has 0 bridgehead atoms. The monoisotopic (exact) mass is 325 g/mol. The van der Waals surface area contributed by atoms with Gasteiger partial charge in [-0.15, -0.1) is 0 Å². The zero-order valence-electron chi connectivity index (χ0n) is 12.4. The first-order chi connectivity index (χ1) is 10.9. The predicted octanol–water partition coefficient (Wildman–Crippen LogP) is 1.86. The van der Waals surface area contributed by atoms with Gasteiger partial charge >= 0.3 is 5.97 Å². The number of hydrogen-bond donors (Lipinski definition) is 2. The minimum atomic E-state index is -2.90. The first-order valence-electron chi connectivity index (χ1n) is 7.47. The second kappa shape index (κ2) is 5.56. The van der Waals surface area contributed by atoms with Gasteiger partial charge in [-0.05, 0) is 30.5 Å². The van der Waals surface area contributed by atoms with Crippen LogP contribution in [0.3, 0.4) is 0 Å². The molecule has 2 N–H and O–H groups in total. The molecular formula is C16H17F2NO4. The van der Waals surface area contributed by atoms with E-state index in [1.54, 1.807) is 12.1 Å². The molecule has 1 aromatic carbocycles. The number of carboxylic acid groups (broad SMARTS) is 1. The van der Waals surface area contributed by atoms with Gasteiger partial charge in [-0.1, -0.05) is 12.1 Å². The minimum Gasteiger partial charge on any atom is -0.481 e. The number of carboxylic acids is 1. The summed E-state index contributed by atoms with van der Waals surface area (Å²) in [5.74, 6) is -5.25. The van der Waals surface area contributed by atoms with Crippen LogP contribution in [0.2, 0.25) is 0 Å². The van der Waals surface area contributed by atoms with Crippen molar-refractivity contribution in [1.29, 1.82) is 0 Å². The number of carbonyl (C=O) groups is 2. The topological polar surface area (TPSA) is 75.6 Å². The van der Waals surface area contributed by atoms with Gasteiger partial charge in [0.1, 0.15) is 0 Å². The molecule has 2 aliphatic rings. The summed E-state index contributed by atoms with van der Waals surface area (Å²) in [5, 5.41) is 11.3. The van der Waals surface area contributed by atoms with Gasteiger partial charge in [0.2, 0.25) is 0 Å². The van der Waals surface area contributed by atoms with Crippen molar-refractivity contribution in [1.82, 2.24) is 5.32 Å². The normalized spacial score (nSPS) is 27.8. The quantitative estimate of drug-likeness (QED) is 0.866. The summed E-state index contributed by atoms with van der Waals surface area (Å²) in [6.07, 6.45) is 0.804. The summed E-state index contributed by atoms with van der Waals surface area (Å²) in [6.45, 7) is 0.0305. The van der Waals surface area contributed by atoms with Crippen molar-refractivity contribution in [3.05, 3.63) is 35.4 Å². The molecule has 0 aromatic heterocycles. The Labute approximate surface area is 131 Å². The molecule has 5 nitrogen and oxygen atoms in total. The summed E-state index contributed by atoms with van der Waals surface area (Å²) in [5.41, 5.74) is -0.845. The maximum Gasteiger partial charge on any atom is 0.307 e. The van der Waals surface area contributed by atoms with Crippen molar-refractivity contribution in [2.24, 2.45) is 5.92 Å². The summed E-state index contributed by atoms with van der Waals surface area (Å²) < 4.78 is 33.0. The molecule has 1 aromatic rings. The van der Waals surface area contributed by atoms with Crippen LogP contribution in [0.25, 0.3) is 0 Å². The van der Waals surface area contributed by atoms with E-state index >= 15 is 0 Å². The largest absolute Gasteiger partial charge is 0.481 e. The Balaban J connectivity index is 1.65. The fourth-order valence-electron chi connectivity index (χ4n) is 3.26. The lowest BCUT2D eigenvalue weighted by Crippen LogP contribution is -2.40. The van der Waals surface area contributed by atoms with E-state index in [1.807, 2.05) is 0 Å². The molecule has 0 radical (unpaired) electrons. The molecular weight excluding hydrogens is 308 g/mol. The van der Waals surface area contributed by atoms with Crippen molar-refractivity contribution in [3.8, 4) is 0 Å².